The number of azide groups is 1. The predicted molar refractivity (Wildman–Crippen MR) is 72.7 cm³/mol. The quantitative estimate of drug-likeness (QED) is 0.411. The molecule has 0 N–H and O–H groups in total. The van der Waals surface area contributed by atoms with Crippen LogP contribution in [0.5, 0.6) is 0 Å². The molecule has 0 aliphatic carbocycles. The Balaban J connectivity index is 2.32. The molecule has 0 atom stereocenters. The van der Waals surface area contributed by atoms with E-state index in [2.05, 4.69) is 41.0 Å². The van der Waals surface area contributed by atoms with Crippen molar-refractivity contribution in [3.8, 4) is 11.3 Å². The van der Waals surface area contributed by atoms with E-state index >= 15 is 0 Å². The van der Waals surface area contributed by atoms with Crippen LogP contribution in [0, 0.1) is 0 Å². The van der Waals surface area contributed by atoms with Gasteiger partial charge in [-0.05, 0) is 26.6 Å². The Bertz CT molecular complexity index is 789. The van der Waals surface area contributed by atoms with Crippen molar-refractivity contribution in [2.45, 2.75) is 0 Å². The van der Waals surface area contributed by atoms with E-state index in [1.165, 1.54) is 10.8 Å². The van der Waals surface area contributed by atoms with E-state index in [4.69, 9.17) is 5.53 Å². The van der Waals surface area contributed by atoms with Crippen molar-refractivity contribution in [1.82, 2.24) is 19.6 Å². The average molecular weight is 316 g/mol. The Hall–Kier alpha value is -2.44. The van der Waals surface area contributed by atoms with Crippen LogP contribution < -0.4 is 0 Å². The molecule has 0 bridgehead atoms. The zero-order valence-corrected chi connectivity index (χ0v) is 11.1. The minimum absolute atomic E-state index is 0.149. The molecule has 0 spiro atoms. The fourth-order valence-corrected chi connectivity index (χ4v) is 2.30. The molecule has 0 amide bonds. The van der Waals surface area contributed by atoms with Crippen LogP contribution in [-0.4, -0.2) is 19.6 Å². The molecule has 8 heteroatoms. The summed E-state index contributed by atoms with van der Waals surface area (Å²) in [6.45, 7) is 0. The van der Waals surface area contributed by atoms with Gasteiger partial charge in [-0.15, -0.1) is 0 Å². The number of rotatable bonds is 2. The van der Waals surface area contributed by atoms with Crippen LogP contribution in [0.15, 0.2) is 46.2 Å². The summed E-state index contributed by atoms with van der Waals surface area (Å²) >= 11 is 3.47. The molecule has 0 saturated carbocycles. The third-order valence-corrected chi connectivity index (χ3v) is 3.26. The minimum Gasteiger partial charge on any atom is -0.216 e. The van der Waals surface area contributed by atoms with Crippen LogP contribution in [-0.2, 0) is 0 Å². The summed E-state index contributed by atoms with van der Waals surface area (Å²) in [7, 11) is 0. The first-order valence-corrected chi connectivity index (χ1v) is 6.10. The maximum absolute atomic E-state index is 8.52. The molecule has 2 heterocycles. The summed E-state index contributed by atoms with van der Waals surface area (Å²) in [6.07, 6.45) is 1.33. The molecule has 0 radical (unpaired) electrons. The standard InChI is InChI=1S/C11H6BrN7/c12-8-9(7-4-2-1-3-5-7)17-19-10(8)14-6-15-11(19)16-18-13/h1-6H. The number of benzene rings is 1. The van der Waals surface area contributed by atoms with Gasteiger partial charge in [-0.25, -0.2) is 9.97 Å². The normalized spacial score (nSPS) is 10.4. The summed E-state index contributed by atoms with van der Waals surface area (Å²) in [6, 6.07) is 9.65. The lowest BCUT2D eigenvalue weighted by molar-refractivity contribution is 0.890. The molecular formula is C11H6BrN7. The summed E-state index contributed by atoms with van der Waals surface area (Å²) < 4.78 is 2.14. The van der Waals surface area contributed by atoms with Gasteiger partial charge in [0.25, 0.3) is 0 Å². The monoisotopic (exact) mass is 315 g/mol. The van der Waals surface area contributed by atoms with Crippen LogP contribution in [0.3, 0.4) is 0 Å². The van der Waals surface area contributed by atoms with Crippen molar-refractivity contribution in [2.24, 2.45) is 5.11 Å². The Morgan fingerprint density at radius 2 is 2.00 bits per heavy atom. The Kier molecular flexibility index (Phi) is 2.86. The van der Waals surface area contributed by atoms with Gasteiger partial charge in [-0.3, -0.25) is 0 Å². The molecule has 3 rings (SSSR count). The van der Waals surface area contributed by atoms with Gasteiger partial charge in [-0.1, -0.05) is 30.3 Å². The second kappa shape index (κ2) is 4.68. The molecule has 0 saturated heterocycles. The molecule has 3 aromatic rings. The number of fused-ring (bicyclic) bond motifs is 1. The molecule has 1 aromatic carbocycles. The Morgan fingerprint density at radius 1 is 1.21 bits per heavy atom. The van der Waals surface area contributed by atoms with Gasteiger partial charge in [0, 0.05) is 10.5 Å². The number of hydrogen-bond donors (Lipinski definition) is 0. The first kappa shape index (κ1) is 11.6. The number of aromatic nitrogens is 4. The first-order valence-electron chi connectivity index (χ1n) is 5.31. The molecule has 2 aromatic heterocycles. The highest BCUT2D eigenvalue weighted by molar-refractivity contribution is 9.10. The maximum atomic E-state index is 8.52. The van der Waals surface area contributed by atoms with Crippen molar-refractivity contribution in [3.05, 3.63) is 51.6 Å². The van der Waals surface area contributed by atoms with Crippen LogP contribution in [0.2, 0.25) is 0 Å². The SMILES string of the molecule is [N-]=[N+]=Nc1ncnc2c(Br)c(-c3ccccc3)nn12. The molecule has 0 unspecified atom stereocenters. The van der Waals surface area contributed by atoms with Crippen molar-refractivity contribution in [2.75, 3.05) is 0 Å². The summed E-state index contributed by atoms with van der Waals surface area (Å²) in [4.78, 5) is 10.7. The first-order chi connectivity index (χ1) is 9.31. The largest absolute Gasteiger partial charge is 0.221 e. The van der Waals surface area contributed by atoms with Gasteiger partial charge >= 0.3 is 0 Å². The minimum atomic E-state index is 0.149. The van der Waals surface area contributed by atoms with E-state index in [-0.39, 0.29) is 5.95 Å². The Morgan fingerprint density at radius 3 is 2.74 bits per heavy atom. The third-order valence-electron chi connectivity index (χ3n) is 2.53. The fourth-order valence-electron chi connectivity index (χ4n) is 1.72. The van der Waals surface area contributed by atoms with E-state index in [1.54, 1.807) is 0 Å². The summed E-state index contributed by atoms with van der Waals surface area (Å²) in [5.41, 5.74) is 10.7. The van der Waals surface area contributed by atoms with Crippen molar-refractivity contribution in [1.29, 1.82) is 0 Å². The summed E-state index contributed by atoms with van der Waals surface area (Å²) in [5, 5.41) is 7.87. The molecular weight excluding hydrogens is 310 g/mol. The van der Waals surface area contributed by atoms with E-state index in [9.17, 15) is 0 Å². The zero-order chi connectivity index (χ0) is 13.2. The van der Waals surface area contributed by atoms with E-state index in [0.29, 0.717) is 5.65 Å². The van der Waals surface area contributed by atoms with Crippen molar-refractivity contribution in [3.63, 3.8) is 0 Å². The van der Waals surface area contributed by atoms with Crippen LogP contribution in [0.4, 0.5) is 5.95 Å². The van der Waals surface area contributed by atoms with E-state index in [0.717, 1.165) is 15.7 Å². The summed E-state index contributed by atoms with van der Waals surface area (Å²) in [5.74, 6) is 0.149. The van der Waals surface area contributed by atoms with Gasteiger partial charge in [0.2, 0.25) is 5.95 Å². The van der Waals surface area contributed by atoms with Gasteiger partial charge < -0.3 is 0 Å². The highest BCUT2D eigenvalue weighted by Crippen LogP contribution is 2.31. The second-order valence-corrected chi connectivity index (χ2v) is 4.42. The molecule has 0 aliphatic heterocycles. The molecule has 0 aliphatic rings. The van der Waals surface area contributed by atoms with Crippen LogP contribution in [0.25, 0.3) is 27.3 Å². The topological polar surface area (TPSA) is 91.8 Å². The zero-order valence-electron chi connectivity index (χ0n) is 9.47. The maximum Gasteiger partial charge on any atom is 0.221 e. The smallest absolute Gasteiger partial charge is 0.216 e. The highest BCUT2D eigenvalue weighted by atomic mass is 79.9. The molecule has 0 fully saturated rings. The van der Waals surface area contributed by atoms with E-state index < -0.39 is 0 Å². The van der Waals surface area contributed by atoms with Gasteiger partial charge in [-0.2, -0.15) is 9.61 Å². The fraction of sp³-hybridized carbons (Fsp3) is 0. The van der Waals surface area contributed by atoms with Crippen LogP contribution >= 0.6 is 15.9 Å². The van der Waals surface area contributed by atoms with E-state index in [1.807, 2.05) is 30.3 Å². The van der Waals surface area contributed by atoms with Gasteiger partial charge in [0.1, 0.15) is 12.0 Å². The van der Waals surface area contributed by atoms with Crippen LogP contribution in [0.1, 0.15) is 0 Å². The van der Waals surface area contributed by atoms with Gasteiger partial charge in [0.05, 0.1) is 4.47 Å². The lowest BCUT2D eigenvalue weighted by atomic mass is 10.2. The second-order valence-electron chi connectivity index (χ2n) is 3.63. The van der Waals surface area contributed by atoms with Crippen molar-refractivity contribution < 1.29 is 0 Å². The van der Waals surface area contributed by atoms with Crippen molar-refractivity contribution >= 4 is 27.5 Å². The Labute approximate surface area is 115 Å². The van der Waals surface area contributed by atoms with Gasteiger partial charge in [0.15, 0.2) is 5.65 Å². The average Bonchev–Trinajstić information content (AvgIpc) is 2.79. The number of nitrogens with zero attached hydrogens (tertiary/aromatic N) is 7. The predicted octanol–water partition coefficient (Wildman–Crippen LogP) is 3.50. The highest BCUT2D eigenvalue weighted by Gasteiger charge is 2.15. The lowest BCUT2D eigenvalue weighted by Gasteiger charge is -1.95. The number of halogens is 1. The lowest BCUT2D eigenvalue weighted by Crippen LogP contribution is -1.93. The number of hydrogen-bond acceptors (Lipinski definition) is 4. The molecule has 7 nitrogen and oxygen atoms in total. The molecule has 92 valence electrons. The molecule has 19 heavy (non-hydrogen) atoms. The third kappa shape index (κ3) is 1.92.